The molecule has 82 valence electrons. The van der Waals surface area contributed by atoms with Gasteiger partial charge in [-0.05, 0) is 19.4 Å². The molecule has 0 saturated heterocycles. The third-order valence-electron chi connectivity index (χ3n) is 2.33. The maximum Gasteiger partial charge on any atom is 0.161 e. The number of hydrogen-bond donors (Lipinski definition) is 1. The highest BCUT2D eigenvalue weighted by Crippen LogP contribution is 2.14. The summed E-state index contributed by atoms with van der Waals surface area (Å²) in [5.41, 5.74) is 9.69. The van der Waals surface area contributed by atoms with Crippen molar-refractivity contribution in [2.45, 2.75) is 13.8 Å². The zero-order valence-electron chi connectivity index (χ0n) is 9.40. The molecule has 3 heteroatoms. The number of nitrogens with two attached hydrogens (primary N) is 1. The quantitative estimate of drug-likeness (QED) is 0.836. The first-order valence-corrected chi connectivity index (χ1v) is 5.13. The molecule has 0 aliphatic rings. The standard InChI is InChI=1S/C13H14N2O/c1-9-3-5-11(6-4-9)13(14)8-12-7-10(2)15-16-12/h3-8H,14H2,1-2H3/b13-8-. The van der Waals surface area contributed by atoms with E-state index < -0.39 is 0 Å². The number of benzene rings is 1. The summed E-state index contributed by atoms with van der Waals surface area (Å²) in [7, 11) is 0. The molecule has 0 spiro atoms. The van der Waals surface area contributed by atoms with Crippen LogP contribution >= 0.6 is 0 Å². The molecule has 1 heterocycles. The minimum absolute atomic E-state index is 0.676. The van der Waals surface area contributed by atoms with E-state index in [1.54, 1.807) is 6.08 Å². The van der Waals surface area contributed by atoms with Gasteiger partial charge in [-0.2, -0.15) is 0 Å². The summed E-state index contributed by atoms with van der Waals surface area (Å²) in [4.78, 5) is 0. The molecule has 0 aliphatic heterocycles. The minimum Gasteiger partial charge on any atom is -0.398 e. The third kappa shape index (κ3) is 2.31. The lowest BCUT2D eigenvalue weighted by atomic mass is 10.1. The van der Waals surface area contributed by atoms with Crippen LogP contribution in [0.5, 0.6) is 0 Å². The Hall–Kier alpha value is -2.03. The maximum absolute atomic E-state index is 5.96. The van der Waals surface area contributed by atoms with Crippen LogP contribution in [0.1, 0.15) is 22.6 Å². The smallest absolute Gasteiger partial charge is 0.161 e. The summed E-state index contributed by atoms with van der Waals surface area (Å²) in [6, 6.07) is 9.89. The maximum atomic E-state index is 5.96. The fraction of sp³-hybridized carbons (Fsp3) is 0.154. The highest BCUT2D eigenvalue weighted by Gasteiger charge is 2.00. The van der Waals surface area contributed by atoms with Gasteiger partial charge in [-0.1, -0.05) is 35.0 Å². The molecule has 0 bridgehead atoms. The van der Waals surface area contributed by atoms with Crippen LogP contribution in [0, 0.1) is 13.8 Å². The normalized spacial score (nSPS) is 11.8. The van der Waals surface area contributed by atoms with E-state index in [2.05, 4.69) is 5.16 Å². The number of aromatic nitrogens is 1. The van der Waals surface area contributed by atoms with E-state index in [4.69, 9.17) is 10.3 Å². The Bertz CT molecular complexity index is 509. The van der Waals surface area contributed by atoms with Gasteiger partial charge in [0.1, 0.15) is 0 Å². The summed E-state index contributed by atoms with van der Waals surface area (Å²) in [6.07, 6.45) is 1.78. The third-order valence-corrected chi connectivity index (χ3v) is 2.33. The van der Waals surface area contributed by atoms with E-state index in [-0.39, 0.29) is 0 Å². The fourth-order valence-corrected chi connectivity index (χ4v) is 1.43. The predicted octanol–water partition coefficient (Wildman–Crippen LogP) is 2.75. The molecule has 2 N–H and O–H groups in total. The molecule has 0 aliphatic carbocycles. The Balaban J connectivity index is 2.27. The topological polar surface area (TPSA) is 52.0 Å². The van der Waals surface area contributed by atoms with Crippen molar-refractivity contribution in [3.8, 4) is 0 Å². The highest BCUT2D eigenvalue weighted by molar-refractivity contribution is 5.77. The second-order valence-corrected chi connectivity index (χ2v) is 3.84. The first-order valence-electron chi connectivity index (χ1n) is 5.13. The number of rotatable bonds is 2. The summed E-state index contributed by atoms with van der Waals surface area (Å²) in [6.45, 7) is 3.92. The van der Waals surface area contributed by atoms with Gasteiger partial charge >= 0.3 is 0 Å². The van der Waals surface area contributed by atoms with Crippen molar-refractivity contribution >= 4 is 11.8 Å². The molecule has 16 heavy (non-hydrogen) atoms. The summed E-state index contributed by atoms with van der Waals surface area (Å²) in [5, 5.41) is 3.80. The van der Waals surface area contributed by atoms with Gasteiger partial charge in [0, 0.05) is 17.8 Å². The average molecular weight is 214 g/mol. The lowest BCUT2D eigenvalue weighted by Crippen LogP contribution is -1.95. The molecule has 1 aromatic carbocycles. The van der Waals surface area contributed by atoms with Crippen molar-refractivity contribution in [1.82, 2.24) is 5.16 Å². The summed E-state index contributed by atoms with van der Waals surface area (Å²) >= 11 is 0. The van der Waals surface area contributed by atoms with Crippen LogP contribution in [0.2, 0.25) is 0 Å². The fourth-order valence-electron chi connectivity index (χ4n) is 1.43. The molecule has 3 nitrogen and oxygen atoms in total. The van der Waals surface area contributed by atoms with E-state index in [0.717, 1.165) is 11.3 Å². The summed E-state index contributed by atoms with van der Waals surface area (Å²) in [5.74, 6) is 0.676. The van der Waals surface area contributed by atoms with Crippen LogP contribution in [-0.2, 0) is 0 Å². The number of hydrogen-bond acceptors (Lipinski definition) is 3. The van der Waals surface area contributed by atoms with Crippen LogP contribution < -0.4 is 5.73 Å². The van der Waals surface area contributed by atoms with Crippen molar-refractivity contribution in [3.05, 3.63) is 52.9 Å². The Kier molecular flexibility index (Phi) is 2.77. The number of nitrogens with zero attached hydrogens (tertiary/aromatic N) is 1. The lowest BCUT2D eigenvalue weighted by Gasteiger charge is -2.00. The first-order chi connectivity index (χ1) is 7.65. The zero-order chi connectivity index (χ0) is 11.5. The van der Waals surface area contributed by atoms with E-state index in [9.17, 15) is 0 Å². The van der Waals surface area contributed by atoms with Gasteiger partial charge < -0.3 is 10.3 Å². The van der Waals surface area contributed by atoms with E-state index in [1.165, 1.54) is 5.56 Å². The largest absolute Gasteiger partial charge is 0.398 e. The highest BCUT2D eigenvalue weighted by atomic mass is 16.5. The molecule has 0 fully saturated rings. The van der Waals surface area contributed by atoms with Crippen LogP contribution in [0.25, 0.3) is 11.8 Å². The molecular weight excluding hydrogens is 200 g/mol. The van der Waals surface area contributed by atoms with E-state index in [1.807, 2.05) is 44.2 Å². The zero-order valence-corrected chi connectivity index (χ0v) is 9.40. The average Bonchev–Trinajstić information content (AvgIpc) is 2.65. The van der Waals surface area contributed by atoms with E-state index >= 15 is 0 Å². The molecule has 0 atom stereocenters. The summed E-state index contributed by atoms with van der Waals surface area (Å²) < 4.78 is 5.07. The Morgan fingerprint density at radius 1 is 1.25 bits per heavy atom. The van der Waals surface area contributed by atoms with Crippen molar-refractivity contribution in [3.63, 3.8) is 0 Å². The molecule has 2 aromatic rings. The van der Waals surface area contributed by atoms with Crippen molar-refractivity contribution in [1.29, 1.82) is 0 Å². The monoisotopic (exact) mass is 214 g/mol. The Labute approximate surface area is 94.6 Å². The molecule has 2 rings (SSSR count). The van der Waals surface area contributed by atoms with E-state index in [0.29, 0.717) is 11.5 Å². The second kappa shape index (κ2) is 4.23. The van der Waals surface area contributed by atoms with Gasteiger partial charge in [-0.3, -0.25) is 0 Å². The minimum atomic E-state index is 0.676. The molecule has 0 radical (unpaired) electrons. The van der Waals surface area contributed by atoms with Gasteiger partial charge in [-0.15, -0.1) is 0 Å². The van der Waals surface area contributed by atoms with Gasteiger partial charge in [0.2, 0.25) is 0 Å². The first kappa shape index (κ1) is 10.5. The Morgan fingerprint density at radius 3 is 2.50 bits per heavy atom. The Morgan fingerprint density at radius 2 is 1.94 bits per heavy atom. The molecular formula is C13H14N2O. The molecule has 0 saturated carbocycles. The SMILES string of the molecule is Cc1ccc(/C(N)=C/c2cc(C)no2)cc1. The molecule has 0 amide bonds. The van der Waals surface area contributed by atoms with Crippen molar-refractivity contribution in [2.24, 2.45) is 5.73 Å². The van der Waals surface area contributed by atoms with Gasteiger partial charge in [0.15, 0.2) is 5.76 Å². The predicted molar refractivity (Wildman–Crippen MR) is 64.5 cm³/mol. The molecule has 1 aromatic heterocycles. The molecule has 0 unspecified atom stereocenters. The second-order valence-electron chi connectivity index (χ2n) is 3.84. The van der Waals surface area contributed by atoms with Crippen LogP contribution in [0.4, 0.5) is 0 Å². The van der Waals surface area contributed by atoms with Crippen LogP contribution in [0.15, 0.2) is 34.9 Å². The van der Waals surface area contributed by atoms with Gasteiger partial charge in [-0.25, -0.2) is 0 Å². The lowest BCUT2D eigenvalue weighted by molar-refractivity contribution is 0.408. The van der Waals surface area contributed by atoms with Gasteiger partial charge in [0.05, 0.1) is 5.69 Å². The van der Waals surface area contributed by atoms with Crippen LogP contribution in [-0.4, -0.2) is 5.16 Å². The number of aryl methyl sites for hydroxylation is 2. The van der Waals surface area contributed by atoms with Gasteiger partial charge in [0.25, 0.3) is 0 Å². The van der Waals surface area contributed by atoms with Crippen molar-refractivity contribution in [2.75, 3.05) is 0 Å². The van der Waals surface area contributed by atoms with Crippen molar-refractivity contribution < 1.29 is 4.52 Å². The van der Waals surface area contributed by atoms with Crippen LogP contribution in [0.3, 0.4) is 0 Å².